The second kappa shape index (κ2) is 6.88. The van der Waals surface area contributed by atoms with Crippen LogP contribution in [-0.2, 0) is 0 Å². The number of hydrazone groups is 1. The fraction of sp³-hybridized carbons (Fsp3) is 0.176. The first-order valence-electron chi connectivity index (χ1n) is 7.74. The zero-order valence-corrected chi connectivity index (χ0v) is 14.6. The number of halogens is 4. The molecule has 7 nitrogen and oxygen atoms in total. The number of amides is 1. The SMILES string of the molecule is O=C(c1ccc(Cl)cc1)N1N=C(c2cccc([N+](=O)[O-])c2)C[C@@]1(O)C(F)(F)F. The van der Waals surface area contributed by atoms with Crippen LogP contribution in [0.15, 0.2) is 53.6 Å². The van der Waals surface area contributed by atoms with Gasteiger partial charge in [-0.1, -0.05) is 23.7 Å². The van der Waals surface area contributed by atoms with E-state index in [1.165, 1.54) is 36.4 Å². The van der Waals surface area contributed by atoms with Crippen molar-refractivity contribution >= 4 is 28.9 Å². The van der Waals surface area contributed by atoms with Crippen molar-refractivity contribution in [3.8, 4) is 0 Å². The molecule has 11 heteroatoms. The molecule has 1 amide bonds. The van der Waals surface area contributed by atoms with E-state index < -0.39 is 29.2 Å². The van der Waals surface area contributed by atoms with E-state index >= 15 is 0 Å². The number of aliphatic hydroxyl groups is 1. The van der Waals surface area contributed by atoms with E-state index in [1.807, 2.05) is 0 Å². The number of carbonyl (C=O) groups is 1. The van der Waals surface area contributed by atoms with Gasteiger partial charge in [0, 0.05) is 28.3 Å². The van der Waals surface area contributed by atoms with Crippen LogP contribution in [0.25, 0.3) is 0 Å². The zero-order chi connectivity index (χ0) is 20.7. The molecule has 3 rings (SSSR count). The maximum Gasteiger partial charge on any atom is 0.438 e. The number of carbonyl (C=O) groups excluding carboxylic acids is 1. The average molecular weight is 414 g/mol. The summed E-state index contributed by atoms with van der Waals surface area (Å²) in [4.78, 5) is 22.8. The van der Waals surface area contributed by atoms with Gasteiger partial charge in [0.1, 0.15) is 0 Å². The number of benzene rings is 2. The van der Waals surface area contributed by atoms with Gasteiger partial charge in [-0.15, -0.1) is 0 Å². The van der Waals surface area contributed by atoms with Crippen molar-refractivity contribution in [3.05, 3.63) is 74.8 Å². The molecule has 0 saturated carbocycles. The van der Waals surface area contributed by atoms with Gasteiger partial charge in [0.15, 0.2) is 0 Å². The summed E-state index contributed by atoms with van der Waals surface area (Å²) < 4.78 is 40.8. The average Bonchev–Trinajstić information content (AvgIpc) is 3.01. The Morgan fingerprint density at radius 1 is 1.25 bits per heavy atom. The van der Waals surface area contributed by atoms with Gasteiger partial charge in [-0.3, -0.25) is 14.9 Å². The molecule has 2 aromatic rings. The third-order valence-corrected chi connectivity index (χ3v) is 4.36. The number of alkyl halides is 3. The first-order chi connectivity index (χ1) is 13.0. The molecule has 1 heterocycles. The maximum atomic E-state index is 13.6. The van der Waals surface area contributed by atoms with Crippen molar-refractivity contribution in [1.29, 1.82) is 0 Å². The topological polar surface area (TPSA) is 96.0 Å². The van der Waals surface area contributed by atoms with Gasteiger partial charge in [-0.05, 0) is 24.3 Å². The smallest absolute Gasteiger partial charge is 0.362 e. The van der Waals surface area contributed by atoms with Gasteiger partial charge in [0.2, 0.25) is 0 Å². The number of hydrogen-bond acceptors (Lipinski definition) is 5. The lowest BCUT2D eigenvalue weighted by molar-refractivity contribution is -0.384. The van der Waals surface area contributed by atoms with Crippen LogP contribution in [-0.4, -0.2) is 38.6 Å². The van der Waals surface area contributed by atoms with Crippen LogP contribution >= 0.6 is 11.6 Å². The van der Waals surface area contributed by atoms with Crippen molar-refractivity contribution in [2.45, 2.75) is 18.3 Å². The Hall–Kier alpha value is -2.98. The molecule has 1 N–H and O–H groups in total. The zero-order valence-electron chi connectivity index (χ0n) is 13.9. The van der Waals surface area contributed by atoms with Gasteiger partial charge >= 0.3 is 6.18 Å². The molecule has 0 bridgehead atoms. The third kappa shape index (κ3) is 3.43. The molecule has 0 fully saturated rings. The predicted molar refractivity (Wildman–Crippen MR) is 92.9 cm³/mol. The first-order valence-corrected chi connectivity index (χ1v) is 8.12. The number of nitrogens with zero attached hydrogens (tertiary/aromatic N) is 3. The lowest BCUT2D eigenvalue weighted by Crippen LogP contribution is -2.56. The Morgan fingerprint density at radius 3 is 2.46 bits per heavy atom. The second-order valence-corrected chi connectivity index (χ2v) is 6.41. The Kier molecular flexibility index (Phi) is 4.86. The van der Waals surface area contributed by atoms with E-state index in [2.05, 4.69) is 5.10 Å². The molecule has 0 saturated heterocycles. The van der Waals surface area contributed by atoms with E-state index in [0.29, 0.717) is 0 Å². The van der Waals surface area contributed by atoms with Crippen LogP contribution in [0, 0.1) is 10.1 Å². The standard InChI is InChI=1S/C17H11ClF3N3O4/c18-12-6-4-10(5-7-12)15(25)23-16(26,17(19,20)21)9-14(22-23)11-2-1-3-13(8-11)24(27)28/h1-8,26H,9H2/t16-/m1/s1. The third-order valence-electron chi connectivity index (χ3n) is 4.11. The van der Waals surface area contributed by atoms with Gasteiger partial charge in [-0.25, -0.2) is 0 Å². The fourth-order valence-electron chi connectivity index (χ4n) is 2.65. The normalized spacial score (nSPS) is 19.5. The van der Waals surface area contributed by atoms with Crippen LogP contribution in [0.4, 0.5) is 18.9 Å². The van der Waals surface area contributed by atoms with Crippen LogP contribution in [0.2, 0.25) is 5.02 Å². The van der Waals surface area contributed by atoms with Crippen LogP contribution in [0.3, 0.4) is 0 Å². The van der Waals surface area contributed by atoms with Crippen molar-refractivity contribution in [3.63, 3.8) is 0 Å². The number of nitro benzene ring substituents is 1. The highest BCUT2D eigenvalue weighted by Crippen LogP contribution is 2.42. The summed E-state index contributed by atoms with van der Waals surface area (Å²) in [6.45, 7) is 0. The molecule has 1 aliphatic heterocycles. The molecule has 0 aliphatic carbocycles. The predicted octanol–water partition coefficient (Wildman–Crippen LogP) is 3.75. The van der Waals surface area contributed by atoms with Crippen LogP contribution in [0.1, 0.15) is 22.3 Å². The molecule has 28 heavy (non-hydrogen) atoms. The molecule has 1 aliphatic rings. The largest absolute Gasteiger partial charge is 0.438 e. The summed E-state index contributed by atoms with van der Waals surface area (Å²) in [5.74, 6) is -1.20. The molecule has 1 atom stereocenters. The van der Waals surface area contributed by atoms with E-state index in [0.717, 1.165) is 12.1 Å². The van der Waals surface area contributed by atoms with Gasteiger partial charge < -0.3 is 5.11 Å². The van der Waals surface area contributed by atoms with E-state index in [9.17, 15) is 33.2 Å². The van der Waals surface area contributed by atoms with Crippen molar-refractivity contribution in [2.75, 3.05) is 0 Å². The quantitative estimate of drug-likeness (QED) is 0.612. The summed E-state index contributed by atoms with van der Waals surface area (Å²) in [7, 11) is 0. The first kappa shape index (κ1) is 19.8. The van der Waals surface area contributed by atoms with Gasteiger partial charge in [0.25, 0.3) is 17.3 Å². The highest BCUT2D eigenvalue weighted by atomic mass is 35.5. The minimum atomic E-state index is -5.22. The van der Waals surface area contributed by atoms with E-state index in [1.54, 1.807) is 0 Å². The molecular weight excluding hydrogens is 403 g/mol. The van der Waals surface area contributed by atoms with Gasteiger partial charge in [0.05, 0.1) is 17.1 Å². The van der Waals surface area contributed by atoms with Crippen LogP contribution in [0.5, 0.6) is 0 Å². The van der Waals surface area contributed by atoms with Crippen molar-refractivity contribution in [2.24, 2.45) is 5.10 Å². The molecule has 0 unspecified atom stereocenters. The number of nitro groups is 1. The minimum Gasteiger partial charge on any atom is -0.362 e. The molecule has 2 aromatic carbocycles. The highest BCUT2D eigenvalue weighted by molar-refractivity contribution is 6.30. The minimum absolute atomic E-state index is 0.0109. The Morgan fingerprint density at radius 2 is 1.89 bits per heavy atom. The fourth-order valence-corrected chi connectivity index (χ4v) is 2.78. The molecular formula is C17H11ClF3N3O4. The summed E-state index contributed by atoms with van der Waals surface area (Å²) in [5.41, 5.74) is -4.45. The maximum absolute atomic E-state index is 13.6. The summed E-state index contributed by atoms with van der Waals surface area (Å²) in [6, 6.07) is 9.76. The number of rotatable bonds is 3. The van der Waals surface area contributed by atoms with E-state index in [4.69, 9.17) is 11.6 Å². The Labute approximate surface area is 160 Å². The van der Waals surface area contributed by atoms with E-state index in [-0.39, 0.29) is 32.6 Å². The molecule has 146 valence electrons. The molecule has 0 spiro atoms. The highest BCUT2D eigenvalue weighted by Gasteiger charge is 2.63. The molecule has 0 radical (unpaired) electrons. The lowest BCUT2D eigenvalue weighted by atomic mass is 10.00. The van der Waals surface area contributed by atoms with Crippen molar-refractivity contribution < 1.29 is 28.0 Å². The summed E-state index contributed by atoms with van der Waals surface area (Å²) in [5, 5.41) is 25.1. The van der Waals surface area contributed by atoms with Crippen LogP contribution < -0.4 is 0 Å². The Bertz CT molecular complexity index is 978. The monoisotopic (exact) mass is 413 g/mol. The van der Waals surface area contributed by atoms with Crippen molar-refractivity contribution in [1.82, 2.24) is 5.01 Å². The Balaban J connectivity index is 2.06. The van der Waals surface area contributed by atoms with Gasteiger partial charge in [-0.2, -0.15) is 23.3 Å². The second-order valence-electron chi connectivity index (χ2n) is 5.97. The number of non-ortho nitro benzene ring substituents is 1. The molecule has 0 aromatic heterocycles. The summed E-state index contributed by atoms with van der Waals surface area (Å²) in [6.07, 6.45) is -6.29. The summed E-state index contributed by atoms with van der Waals surface area (Å²) >= 11 is 5.71. The lowest BCUT2D eigenvalue weighted by Gasteiger charge is -2.32. The number of hydrogen-bond donors (Lipinski definition) is 1.